The maximum Gasteiger partial charge on any atom is 0.339 e. The Kier molecular flexibility index (Phi) is 7.90. The van der Waals surface area contributed by atoms with E-state index >= 15 is 0 Å². The minimum absolute atomic E-state index is 0.318. The molecule has 3 rings (SSSR count). The van der Waals surface area contributed by atoms with Gasteiger partial charge in [-0.05, 0) is 55.0 Å². The van der Waals surface area contributed by atoms with Gasteiger partial charge in [0, 0.05) is 30.8 Å². The van der Waals surface area contributed by atoms with Crippen LogP contribution in [0.15, 0.2) is 74.7 Å². The second kappa shape index (κ2) is 10.6. The van der Waals surface area contributed by atoms with Gasteiger partial charge in [-0.3, -0.25) is 0 Å². The lowest BCUT2D eigenvalue weighted by atomic mass is 10.2. The standard InChI is InChI=1S/C22H18Br2ClN3O2/c1-14-10-18(7-8-19(14)24)27-22(29)28-26-12-16-11-17(23)6-9-21(16)30-13-15-4-2-3-5-20(15)25/h2-12H,13H2,1H3,(H2,27,28,29)/b26-12+. The van der Waals surface area contributed by atoms with Crippen LogP contribution < -0.4 is 15.5 Å². The summed E-state index contributed by atoms with van der Waals surface area (Å²) in [7, 11) is 0. The number of ether oxygens (including phenoxy) is 1. The lowest BCUT2D eigenvalue weighted by Gasteiger charge is -2.11. The van der Waals surface area contributed by atoms with Gasteiger partial charge in [0.05, 0.1) is 6.21 Å². The molecule has 154 valence electrons. The number of hydrogen-bond acceptors (Lipinski definition) is 3. The lowest BCUT2D eigenvalue weighted by molar-refractivity contribution is 0.252. The molecule has 0 heterocycles. The summed E-state index contributed by atoms with van der Waals surface area (Å²) < 4.78 is 7.75. The van der Waals surface area contributed by atoms with E-state index in [4.69, 9.17) is 16.3 Å². The number of anilines is 1. The van der Waals surface area contributed by atoms with Crippen molar-refractivity contribution in [2.45, 2.75) is 13.5 Å². The fraction of sp³-hybridized carbons (Fsp3) is 0.0909. The number of halogens is 3. The molecule has 5 nitrogen and oxygen atoms in total. The van der Waals surface area contributed by atoms with Gasteiger partial charge in [0.1, 0.15) is 12.4 Å². The number of nitrogens with zero attached hydrogens (tertiary/aromatic N) is 1. The monoisotopic (exact) mass is 549 g/mol. The van der Waals surface area contributed by atoms with Crippen LogP contribution in [-0.4, -0.2) is 12.2 Å². The van der Waals surface area contributed by atoms with Crippen molar-refractivity contribution in [1.29, 1.82) is 0 Å². The summed E-state index contributed by atoms with van der Waals surface area (Å²) in [5.41, 5.74) is 5.74. The van der Waals surface area contributed by atoms with Gasteiger partial charge < -0.3 is 10.1 Å². The van der Waals surface area contributed by atoms with E-state index in [9.17, 15) is 4.79 Å². The Balaban J connectivity index is 1.64. The molecule has 30 heavy (non-hydrogen) atoms. The predicted octanol–water partition coefficient (Wildman–Crippen LogP) is 6.91. The maximum absolute atomic E-state index is 12.1. The first-order valence-electron chi connectivity index (χ1n) is 8.94. The van der Waals surface area contributed by atoms with Crippen LogP contribution in [-0.2, 0) is 6.61 Å². The van der Waals surface area contributed by atoms with E-state index in [0.717, 1.165) is 20.1 Å². The summed E-state index contributed by atoms with van der Waals surface area (Å²) in [6.45, 7) is 2.27. The summed E-state index contributed by atoms with van der Waals surface area (Å²) in [6, 6.07) is 18.1. The van der Waals surface area contributed by atoms with Crippen LogP contribution >= 0.6 is 43.5 Å². The zero-order valence-electron chi connectivity index (χ0n) is 16.0. The second-order valence-electron chi connectivity index (χ2n) is 6.35. The number of amides is 2. The summed E-state index contributed by atoms with van der Waals surface area (Å²) in [5, 5.41) is 7.41. The molecule has 3 aromatic carbocycles. The lowest BCUT2D eigenvalue weighted by Crippen LogP contribution is -2.24. The molecule has 0 unspecified atom stereocenters. The quantitative estimate of drug-likeness (QED) is 0.258. The number of benzene rings is 3. The molecule has 0 radical (unpaired) electrons. The third kappa shape index (κ3) is 6.32. The summed E-state index contributed by atoms with van der Waals surface area (Å²) >= 11 is 13.1. The second-order valence-corrected chi connectivity index (χ2v) is 8.53. The average molecular weight is 552 g/mol. The normalized spacial score (nSPS) is 10.8. The Bertz CT molecular complexity index is 1090. The van der Waals surface area contributed by atoms with Crippen molar-refractivity contribution in [3.05, 3.63) is 91.3 Å². The number of carbonyl (C=O) groups is 1. The Morgan fingerprint density at radius 3 is 2.70 bits per heavy atom. The summed E-state index contributed by atoms with van der Waals surface area (Å²) in [5.74, 6) is 0.618. The molecule has 0 saturated heterocycles. The Morgan fingerprint density at radius 1 is 1.13 bits per heavy atom. The number of urea groups is 1. The zero-order valence-corrected chi connectivity index (χ0v) is 19.9. The molecular formula is C22H18Br2ClN3O2. The molecule has 8 heteroatoms. The summed E-state index contributed by atoms with van der Waals surface area (Å²) in [4.78, 5) is 12.1. The van der Waals surface area contributed by atoms with Crippen LogP contribution in [0.5, 0.6) is 5.75 Å². The van der Waals surface area contributed by atoms with Gasteiger partial charge in [0.25, 0.3) is 0 Å². The van der Waals surface area contributed by atoms with Gasteiger partial charge in [0.15, 0.2) is 0 Å². The van der Waals surface area contributed by atoms with Gasteiger partial charge in [0.2, 0.25) is 0 Å². The van der Waals surface area contributed by atoms with E-state index in [-0.39, 0.29) is 0 Å². The highest BCUT2D eigenvalue weighted by Gasteiger charge is 2.06. The molecule has 0 aliphatic rings. The topological polar surface area (TPSA) is 62.7 Å². The van der Waals surface area contributed by atoms with Gasteiger partial charge in [-0.25, -0.2) is 10.2 Å². The van der Waals surface area contributed by atoms with Crippen molar-refractivity contribution < 1.29 is 9.53 Å². The molecule has 0 atom stereocenters. The van der Waals surface area contributed by atoms with E-state index in [1.54, 1.807) is 6.07 Å². The van der Waals surface area contributed by atoms with Crippen molar-refractivity contribution in [1.82, 2.24) is 5.43 Å². The zero-order chi connectivity index (χ0) is 21.5. The minimum atomic E-state index is -0.443. The fourth-order valence-electron chi connectivity index (χ4n) is 2.56. The first-order valence-corrected chi connectivity index (χ1v) is 10.9. The van der Waals surface area contributed by atoms with E-state index in [1.807, 2.05) is 61.5 Å². The highest BCUT2D eigenvalue weighted by Crippen LogP contribution is 2.24. The third-order valence-electron chi connectivity index (χ3n) is 4.10. The number of hydrazone groups is 1. The van der Waals surface area contributed by atoms with Gasteiger partial charge in [-0.15, -0.1) is 0 Å². The maximum atomic E-state index is 12.1. The fourth-order valence-corrected chi connectivity index (χ4v) is 3.38. The third-order valence-corrected chi connectivity index (χ3v) is 5.85. The van der Waals surface area contributed by atoms with Crippen LogP contribution in [0, 0.1) is 6.92 Å². The number of carbonyl (C=O) groups excluding carboxylic acids is 1. The molecule has 2 N–H and O–H groups in total. The summed E-state index contributed by atoms with van der Waals surface area (Å²) in [6.07, 6.45) is 1.53. The molecule has 0 spiro atoms. The first-order chi connectivity index (χ1) is 14.4. The SMILES string of the molecule is Cc1cc(NC(=O)N/N=C/c2cc(Br)ccc2OCc2ccccc2Cl)ccc1Br. The average Bonchev–Trinajstić information content (AvgIpc) is 2.71. The number of nitrogens with one attached hydrogen (secondary N) is 2. The number of hydrogen-bond donors (Lipinski definition) is 2. The van der Waals surface area contributed by atoms with Crippen molar-refractivity contribution in [2.24, 2.45) is 5.10 Å². The Labute approximate surface area is 196 Å². The van der Waals surface area contributed by atoms with Crippen molar-refractivity contribution in [2.75, 3.05) is 5.32 Å². The van der Waals surface area contributed by atoms with Gasteiger partial charge in [-0.2, -0.15) is 5.10 Å². The molecule has 3 aromatic rings. The van der Waals surface area contributed by atoms with Crippen LogP contribution in [0.2, 0.25) is 5.02 Å². The molecule has 2 amide bonds. The molecule has 0 fully saturated rings. The molecule has 0 saturated carbocycles. The van der Waals surface area contributed by atoms with Crippen molar-refractivity contribution in [3.8, 4) is 5.75 Å². The van der Waals surface area contributed by atoms with Crippen LogP contribution in [0.4, 0.5) is 10.5 Å². The Hall–Kier alpha value is -2.35. The molecule has 0 aliphatic carbocycles. The molecule has 0 aromatic heterocycles. The number of rotatable bonds is 6. The molecular weight excluding hydrogens is 534 g/mol. The Morgan fingerprint density at radius 2 is 1.93 bits per heavy atom. The van der Waals surface area contributed by atoms with Gasteiger partial charge >= 0.3 is 6.03 Å². The predicted molar refractivity (Wildman–Crippen MR) is 129 cm³/mol. The largest absolute Gasteiger partial charge is 0.488 e. The van der Waals surface area contributed by atoms with E-state index in [2.05, 4.69) is 47.7 Å². The first kappa shape index (κ1) is 22.3. The van der Waals surface area contributed by atoms with E-state index in [0.29, 0.717) is 28.6 Å². The van der Waals surface area contributed by atoms with Crippen LogP contribution in [0.25, 0.3) is 0 Å². The van der Waals surface area contributed by atoms with E-state index in [1.165, 1.54) is 6.21 Å². The molecule has 0 bridgehead atoms. The van der Waals surface area contributed by atoms with Crippen LogP contribution in [0.1, 0.15) is 16.7 Å². The van der Waals surface area contributed by atoms with Crippen molar-refractivity contribution in [3.63, 3.8) is 0 Å². The minimum Gasteiger partial charge on any atom is -0.488 e. The van der Waals surface area contributed by atoms with Crippen molar-refractivity contribution >= 4 is 61.4 Å². The van der Waals surface area contributed by atoms with Gasteiger partial charge in [-0.1, -0.05) is 61.7 Å². The highest BCUT2D eigenvalue weighted by atomic mass is 79.9. The molecule has 0 aliphatic heterocycles. The van der Waals surface area contributed by atoms with E-state index < -0.39 is 6.03 Å². The number of aryl methyl sites for hydroxylation is 1. The van der Waals surface area contributed by atoms with Crippen LogP contribution in [0.3, 0.4) is 0 Å². The highest BCUT2D eigenvalue weighted by molar-refractivity contribution is 9.10. The smallest absolute Gasteiger partial charge is 0.339 e.